The van der Waals surface area contributed by atoms with Crippen LogP contribution in [0.1, 0.15) is 23.5 Å². The van der Waals surface area contributed by atoms with Crippen molar-refractivity contribution in [2.45, 2.75) is 12.3 Å². The third-order valence-electron chi connectivity index (χ3n) is 4.38. The van der Waals surface area contributed by atoms with Gasteiger partial charge >= 0.3 is 0 Å². The summed E-state index contributed by atoms with van der Waals surface area (Å²) >= 11 is 3.61. The van der Waals surface area contributed by atoms with Gasteiger partial charge in [0.05, 0.1) is 0 Å². The SMILES string of the molecule is Brc1ccc2c(c1)-c1ccccc1C2C1C=CC=CC1. The van der Waals surface area contributed by atoms with E-state index in [4.69, 9.17) is 0 Å². The number of allylic oxidation sites excluding steroid dienone is 4. The van der Waals surface area contributed by atoms with E-state index in [9.17, 15) is 0 Å². The number of hydrogen-bond donors (Lipinski definition) is 0. The summed E-state index contributed by atoms with van der Waals surface area (Å²) in [5, 5.41) is 0. The van der Waals surface area contributed by atoms with Gasteiger partial charge < -0.3 is 0 Å². The molecule has 0 bridgehead atoms. The standard InChI is InChI=1S/C19H15Br/c20-14-10-11-17-18(12-14)15-8-4-5-9-16(15)19(17)13-6-2-1-3-7-13/h1-6,8-13,19H,7H2. The number of hydrogen-bond acceptors (Lipinski definition) is 0. The Hall–Kier alpha value is -1.60. The maximum Gasteiger partial charge on any atom is 0.0181 e. The van der Waals surface area contributed by atoms with Gasteiger partial charge in [-0.1, -0.05) is 70.6 Å². The predicted octanol–water partition coefficient (Wildman–Crippen LogP) is 5.69. The Morgan fingerprint density at radius 3 is 2.60 bits per heavy atom. The summed E-state index contributed by atoms with van der Waals surface area (Å²) in [4.78, 5) is 0. The monoisotopic (exact) mass is 322 g/mol. The van der Waals surface area contributed by atoms with E-state index in [1.165, 1.54) is 22.3 Å². The second-order valence-electron chi connectivity index (χ2n) is 5.51. The van der Waals surface area contributed by atoms with E-state index in [2.05, 4.69) is 82.7 Å². The fourth-order valence-electron chi connectivity index (χ4n) is 3.52. The minimum Gasteiger partial charge on any atom is -0.0839 e. The summed E-state index contributed by atoms with van der Waals surface area (Å²) < 4.78 is 1.16. The van der Waals surface area contributed by atoms with Crippen LogP contribution in [0.15, 0.2) is 71.2 Å². The van der Waals surface area contributed by atoms with Crippen molar-refractivity contribution in [3.05, 3.63) is 82.4 Å². The van der Waals surface area contributed by atoms with E-state index in [-0.39, 0.29) is 0 Å². The van der Waals surface area contributed by atoms with Gasteiger partial charge in [0, 0.05) is 10.4 Å². The van der Waals surface area contributed by atoms with Gasteiger partial charge in [-0.25, -0.2) is 0 Å². The third kappa shape index (κ3) is 1.81. The molecule has 0 heterocycles. The number of benzene rings is 2. The highest BCUT2D eigenvalue weighted by Gasteiger charge is 2.32. The molecule has 1 heteroatoms. The summed E-state index contributed by atoms with van der Waals surface area (Å²) in [6, 6.07) is 15.6. The molecule has 2 atom stereocenters. The van der Waals surface area contributed by atoms with Crippen molar-refractivity contribution in [3.8, 4) is 11.1 Å². The fourth-order valence-corrected chi connectivity index (χ4v) is 3.88. The Morgan fingerprint density at radius 1 is 0.900 bits per heavy atom. The molecule has 0 amide bonds. The van der Waals surface area contributed by atoms with Crippen LogP contribution in [0.25, 0.3) is 11.1 Å². The lowest BCUT2D eigenvalue weighted by molar-refractivity contribution is 0.582. The van der Waals surface area contributed by atoms with Gasteiger partial charge in [-0.3, -0.25) is 0 Å². The molecule has 0 fully saturated rings. The van der Waals surface area contributed by atoms with Crippen molar-refractivity contribution < 1.29 is 0 Å². The lowest BCUT2D eigenvalue weighted by Gasteiger charge is -2.23. The van der Waals surface area contributed by atoms with Crippen molar-refractivity contribution in [2.75, 3.05) is 0 Å². The first-order chi connectivity index (χ1) is 9.84. The Labute approximate surface area is 128 Å². The van der Waals surface area contributed by atoms with Gasteiger partial charge in [0.25, 0.3) is 0 Å². The highest BCUT2D eigenvalue weighted by atomic mass is 79.9. The van der Waals surface area contributed by atoms with Crippen molar-refractivity contribution in [1.82, 2.24) is 0 Å². The Bertz CT molecular complexity index is 724. The zero-order chi connectivity index (χ0) is 13.5. The summed E-state index contributed by atoms with van der Waals surface area (Å²) in [7, 11) is 0. The molecule has 0 aromatic heterocycles. The normalized spacial score (nSPS) is 22.6. The molecule has 20 heavy (non-hydrogen) atoms. The first-order valence-electron chi connectivity index (χ1n) is 7.06. The highest BCUT2D eigenvalue weighted by Crippen LogP contribution is 2.50. The van der Waals surface area contributed by atoms with Crippen LogP contribution in [-0.2, 0) is 0 Å². The topological polar surface area (TPSA) is 0 Å². The second-order valence-corrected chi connectivity index (χ2v) is 6.42. The van der Waals surface area contributed by atoms with Crippen LogP contribution in [0.4, 0.5) is 0 Å². The van der Waals surface area contributed by atoms with Crippen molar-refractivity contribution in [3.63, 3.8) is 0 Å². The summed E-state index contributed by atoms with van der Waals surface area (Å²) in [6.07, 6.45) is 10.1. The third-order valence-corrected chi connectivity index (χ3v) is 4.87. The minimum atomic E-state index is 0.496. The molecule has 0 saturated heterocycles. The second kappa shape index (κ2) is 4.75. The summed E-state index contributed by atoms with van der Waals surface area (Å²) in [6.45, 7) is 0. The van der Waals surface area contributed by atoms with Gasteiger partial charge in [0.2, 0.25) is 0 Å². The molecule has 2 aromatic rings. The smallest absolute Gasteiger partial charge is 0.0181 e. The molecule has 2 aliphatic rings. The molecule has 98 valence electrons. The predicted molar refractivity (Wildman–Crippen MR) is 87.8 cm³/mol. The zero-order valence-corrected chi connectivity index (χ0v) is 12.7. The lowest BCUT2D eigenvalue weighted by Crippen LogP contribution is -2.10. The first-order valence-corrected chi connectivity index (χ1v) is 7.86. The van der Waals surface area contributed by atoms with Crippen LogP contribution < -0.4 is 0 Å². The van der Waals surface area contributed by atoms with Crippen molar-refractivity contribution >= 4 is 15.9 Å². The quantitative estimate of drug-likeness (QED) is 0.632. The maximum atomic E-state index is 3.61. The average molecular weight is 323 g/mol. The minimum absolute atomic E-state index is 0.496. The zero-order valence-electron chi connectivity index (χ0n) is 11.1. The van der Waals surface area contributed by atoms with Crippen LogP contribution in [0.5, 0.6) is 0 Å². The van der Waals surface area contributed by atoms with Crippen molar-refractivity contribution in [1.29, 1.82) is 0 Å². The molecule has 2 unspecified atom stereocenters. The van der Waals surface area contributed by atoms with Crippen molar-refractivity contribution in [2.24, 2.45) is 5.92 Å². The highest BCUT2D eigenvalue weighted by molar-refractivity contribution is 9.10. The largest absolute Gasteiger partial charge is 0.0839 e. The molecule has 0 spiro atoms. The van der Waals surface area contributed by atoms with Crippen LogP contribution in [0.3, 0.4) is 0 Å². The van der Waals surface area contributed by atoms with E-state index >= 15 is 0 Å². The van der Waals surface area contributed by atoms with Crippen LogP contribution in [0, 0.1) is 5.92 Å². The Kier molecular flexibility index (Phi) is 2.89. The van der Waals surface area contributed by atoms with Gasteiger partial charge in [-0.05, 0) is 46.7 Å². The lowest BCUT2D eigenvalue weighted by atomic mass is 9.81. The van der Waals surface area contributed by atoms with Gasteiger partial charge in [0.1, 0.15) is 0 Å². The van der Waals surface area contributed by atoms with E-state index < -0.39 is 0 Å². The molecular formula is C19H15Br. The fraction of sp³-hybridized carbons (Fsp3) is 0.158. The molecule has 0 radical (unpaired) electrons. The average Bonchev–Trinajstić information content (AvgIpc) is 2.82. The molecule has 2 aliphatic carbocycles. The first kappa shape index (κ1) is 12.2. The van der Waals surface area contributed by atoms with E-state index in [0.717, 1.165) is 10.9 Å². The van der Waals surface area contributed by atoms with Crippen LogP contribution in [0.2, 0.25) is 0 Å². The molecule has 0 N–H and O–H groups in total. The number of halogens is 1. The molecule has 0 saturated carbocycles. The Morgan fingerprint density at radius 2 is 1.75 bits per heavy atom. The van der Waals surface area contributed by atoms with Crippen LogP contribution in [-0.4, -0.2) is 0 Å². The van der Waals surface area contributed by atoms with Gasteiger partial charge in [-0.2, -0.15) is 0 Å². The molecule has 2 aromatic carbocycles. The molecule has 0 aliphatic heterocycles. The van der Waals surface area contributed by atoms with Gasteiger partial charge in [0.15, 0.2) is 0 Å². The van der Waals surface area contributed by atoms with Gasteiger partial charge in [-0.15, -0.1) is 0 Å². The Balaban J connectivity index is 1.92. The molecule has 4 rings (SSSR count). The summed E-state index contributed by atoms with van der Waals surface area (Å²) in [5.41, 5.74) is 5.74. The molecule has 0 nitrogen and oxygen atoms in total. The van der Waals surface area contributed by atoms with E-state index in [1.54, 1.807) is 0 Å². The summed E-state index contributed by atoms with van der Waals surface area (Å²) in [5.74, 6) is 1.07. The number of rotatable bonds is 1. The van der Waals surface area contributed by atoms with E-state index in [1.807, 2.05) is 0 Å². The number of fused-ring (bicyclic) bond motifs is 3. The van der Waals surface area contributed by atoms with Crippen LogP contribution >= 0.6 is 15.9 Å². The van der Waals surface area contributed by atoms with E-state index in [0.29, 0.717) is 11.8 Å². The molecular weight excluding hydrogens is 308 g/mol. The maximum absolute atomic E-state index is 3.61.